The van der Waals surface area contributed by atoms with Crippen LogP contribution in [0.15, 0.2) is 4.99 Å². The molecule has 0 saturated carbocycles. The SMILES string of the molecule is CCNC(=NCCCN(CC)CC)NCCN(C(C)C)C(C)C.I. The molecule has 0 aliphatic carbocycles. The molecule has 0 heterocycles. The molecular weight excluding hydrogens is 413 g/mol. The smallest absolute Gasteiger partial charge is 0.191 e. The summed E-state index contributed by atoms with van der Waals surface area (Å²) in [5, 5.41) is 6.80. The van der Waals surface area contributed by atoms with Crippen LogP contribution in [0.25, 0.3) is 0 Å². The Kier molecular flexibility index (Phi) is 17.9. The summed E-state index contributed by atoms with van der Waals surface area (Å²) in [6.07, 6.45) is 1.11. The first-order valence-electron chi connectivity index (χ1n) is 9.46. The van der Waals surface area contributed by atoms with E-state index in [1.807, 2.05) is 0 Å². The van der Waals surface area contributed by atoms with Gasteiger partial charge in [-0.15, -0.1) is 24.0 Å². The highest BCUT2D eigenvalue weighted by molar-refractivity contribution is 14.0. The lowest BCUT2D eigenvalue weighted by atomic mass is 10.2. The number of rotatable bonds is 12. The molecule has 0 aromatic heterocycles. The Labute approximate surface area is 168 Å². The standard InChI is InChI=1S/C18H41N5.HI/c1-8-19-18(20-12-11-14-22(9-2)10-3)21-13-15-23(16(4)5)17(6)7;/h16-17H,8-15H2,1-7H3,(H2,19,20,21);1H. The Hall–Kier alpha value is -0.0800. The van der Waals surface area contributed by atoms with Gasteiger partial charge in [-0.3, -0.25) is 9.89 Å². The van der Waals surface area contributed by atoms with Crippen molar-refractivity contribution in [3.8, 4) is 0 Å². The lowest BCUT2D eigenvalue weighted by molar-refractivity contribution is 0.178. The van der Waals surface area contributed by atoms with Crippen molar-refractivity contribution in [3.63, 3.8) is 0 Å². The van der Waals surface area contributed by atoms with E-state index in [0.717, 1.165) is 58.2 Å². The molecule has 0 bridgehead atoms. The maximum absolute atomic E-state index is 4.69. The summed E-state index contributed by atoms with van der Waals surface area (Å²) in [5.74, 6) is 0.944. The average molecular weight is 455 g/mol. The molecule has 5 nitrogen and oxygen atoms in total. The highest BCUT2D eigenvalue weighted by atomic mass is 127. The number of guanidine groups is 1. The lowest BCUT2D eigenvalue weighted by Crippen LogP contribution is -2.45. The first-order valence-corrected chi connectivity index (χ1v) is 9.46. The number of hydrogen-bond acceptors (Lipinski definition) is 3. The van der Waals surface area contributed by atoms with Gasteiger partial charge in [-0.05, 0) is 60.7 Å². The second kappa shape index (κ2) is 16.4. The van der Waals surface area contributed by atoms with Crippen LogP contribution in [0, 0.1) is 0 Å². The monoisotopic (exact) mass is 455 g/mol. The van der Waals surface area contributed by atoms with E-state index in [1.54, 1.807) is 0 Å². The average Bonchev–Trinajstić information content (AvgIpc) is 2.50. The summed E-state index contributed by atoms with van der Waals surface area (Å²) in [5.41, 5.74) is 0. The summed E-state index contributed by atoms with van der Waals surface area (Å²) in [7, 11) is 0. The van der Waals surface area contributed by atoms with Gasteiger partial charge in [0.25, 0.3) is 0 Å². The predicted octanol–water partition coefficient (Wildman–Crippen LogP) is 3.01. The molecule has 6 heteroatoms. The van der Waals surface area contributed by atoms with Crippen LogP contribution in [0.5, 0.6) is 0 Å². The molecule has 0 fully saturated rings. The van der Waals surface area contributed by atoms with Gasteiger partial charge in [0.2, 0.25) is 0 Å². The van der Waals surface area contributed by atoms with Crippen LogP contribution in [0.1, 0.15) is 54.9 Å². The van der Waals surface area contributed by atoms with Crippen molar-refractivity contribution < 1.29 is 0 Å². The summed E-state index contributed by atoms with van der Waals surface area (Å²) in [4.78, 5) is 9.63. The Bertz CT molecular complexity index is 296. The summed E-state index contributed by atoms with van der Waals surface area (Å²) in [6.45, 7) is 22.7. The molecule has 146 valence electrons. The second-order valence-electron chi connectivity index (χ2n) is 6.49. The van der Waals surface area contributed by atoms with Crippen molar-refractivity contribution in [2.24, 2.45) is 4.99 Å². The van der Waals surface area contributed by atoms with Gasteiger partial charge in [-0.25, -0.2) is 0 Å². The number of aliphatic imine (C=N–C) groups is 1. The zero-order valence-corrected chi connectivity index (χ0v) is 19.4. The number of halogens is 1. The van der Waals surface area contributed by atoms with Crippen LogP contribution in [-0.2, 0) is 0 Å². The fraction of sp³-hybridized carbons (Fsp3) is 0.944. The first-order chi connectivity index (χ1) is 11.0. The van der Waals surface area contributed by atoms with Crippen molar-refractivity contribution in [2.45, 2.75) is 67.0 Å². The molecule has 0 rings (SSSR count). The van der Waals surface area contributed by atoms with E-state index < -0.39 is 0 Å². The Morgan fingerprint density at radius 2 is 1.50 bits per heavy atom. The molecule has 2 N–H and O–H groups in total. The van der Waals surface area contributed by atoms with E-state index in [2.05, 4.69) is 73.9 Å². The van der Waals surface area contributed by atoms with E-state index in [4.69, 9.17) is 0 Å². The molecule has 0 saturated heterocycles. The topological polar surface area (TPSA) is 42.9 Å². The van der Waals surface area contributed by atoms with Crippen LogP contribution < -0.4 is 10.6 Å². The van der Waals surface area contributed by atoms with E-state index in [1.165, 1.54) is 0 Å². The Balaban J connectivity index is 0. The first kappa shape index (κ1) is 26.2. The van der Waals surface area contributed by atoms with Crippen LogP contribution in [0.2, 0.25) is 0 Å². The third-order valence-electron chi connectivity index (χ3n) is 4.13. The van der Waals surface area contributed by atoms with Gasteiger partial charge in [0.05, 0.1) is 0 Å². The molecule has 24 heavy (non-hydrogen) atoms. The highest BCUT2D eigenvalue weighted by Crippen LogP contribution is 2.03. The molecule has 0 atom stereocenters. The van der Waals surface area contributed by atoms with Crippen molar-refractivity contribution in [1.29, 1.82) is 0 Å². The maximum atomic E-state index is 4.69. The second-order valence-corrected chi connectivity index (χ2v) is 6.49. The fourth-order valence-corrected chi connectivity index (χ4v) is 2.78. The van der Waals surface area contributed by atoms with E-state index in [9.17, 15) is 0 Å². The van der Waals surface area contributed by atoms with Crippen molar-refractivity contribution in [2.75, 3.05) is 45.8 Å². The number of nitrogens with one attached hydrogen (secondary N) is 2. The Morgan fingerprint density at radius 3 is 1.96 bits per heavy atom. The molecule has 0 unspecified atom stereocenters. The minimum Gasteiger partial charge on any atom is -0.357 e. The van der Waals surface area contributed by atoms with Crippen LogP contribution in [-0.4, -0.2) is 73.7 Å². The minimum absolute atomic E-state index is 0. The molecule has 0 aromatic carbocycles. The normalized spacial score (nSPS) is 12.2. The quantitative estimate of drug-likeness (QED) is 0.206. The van der Waals surface area contributed by atoms with Crippen LogP contribution in [0.3, 0.4) is 0 Å². The zero-order chi connectivity index (χ0) is 17.7. The van der Waals surface area contributed by atoms with Crippen molar-refractivity contribution in [3.05, 3.63) is 0 Å². The van der Waals surface area contributed by atoms with Gasteiger partial charge in [0.15, 0.2) is 5.96 Å². The third-order valence-corrected chi connectivity index (χ3v) is 4.13. The Morgan fingerprint density at radius 1 is 0.917 bits per heavy atom. The summed E-state index contributed by atoms with van der Waals surface area (Å²) < 4.78 is 0. The summed E-state index contributed by atoms with van der Waals surface area (Å²) in [6, 6.07) is 1.15. The predicted molar refractivity (Wildman–Crippen MR) is 119 cm³/mol. The minimum atomic E-state index is 0. The van der Waals surface area contributed by atoms with E-state index >= 15 is 0 Å². The largest absolute Gasteiger partial charge is 0.357 e. The maximum Gasteiger partial charge on any atom is 0.191 e. The van der Waals surface area contributed by atoms with Gasteiger partial charge >= 0.3 is 0 Å². The number of hydrogen-bond donors (Lipinski definition) is 2. The molecule has 0 aliphatic rings. The van der Waals surface area contributed by atoms with Gasteiger partial charge in [-0.2, -0.15) is 0 Å². The third kappa shape index (κ3) is 12.3. The molecule has 0 spiro atoms. The van der Waals surface area contributed by atoms with Crippen molar-refractivity contribution >= 4 is 29.9 Å². The molecule has 0 aliphatic heterocycles. The fourth-order valence-electron chi connectivity index (χ4n) is 2.78. The molecular formula is C18H42IN5. The molecule has 0 aromatic rings. The summed E-state index contributed by atoms with van der Waals surface area (Å²) >= 11 is 0. The van der Waals surface area contributed by atoms with Gasteiger partial charge < -0.3 is 15.5 Å². The lowest BCUT2D eigenvalue weighted by Gasteiger charge is -2.30. The zero-order valence-electron chi connectivity index (χ0n) is 17.1. The van der Waals surface area contributed by atoms with Crippen molar-refractivity contribution in [1.82, 2.24) is 20.4 Å². The van der Waals surface area contributed by atoms with E-state index in [0.29, 0.717) is 12.1 Å². The molecule has 0 amide bonds. The highest BCUT2D eigenvalue weighted by Gasteiger charge is 2.12. The van der Waals surface area contributed by atoms with Gasteiger partial charge in [-0.1, -0.05) is 13.8 Å². The van der Waals surface area contributed by atoms with Gasteiger partial charge in [0, 0.05) is 38.3 Å². The molecule has 0 radical (unpaired) electrons. The van der Waals surface area contributed by atoms with Crippen LogP contribution in [0.4, 0.5) is 0 Å². The van der Waals surface area contributed by atoms with Crippen LogP contribution >= 0.6 is 24.0 Å². The number of nitrogens with zero attached hydrogens (tertiary/aromatic N) is 3. The van der Waals surface area contributed by atoms with E-state index in [-0.39, 0.29) is 24.0 Å². The van der Waals surface area contributed by atoms with Gasteiger partial charge in [0.1, 0.15) is 0 Å².